The molecule has 3 aromatic carbocycles. The first kappa shape index (κ1) is 38.1. The van der Waals surface area contributed by atoms with E-state index in [2.05, 4.69) is 83.7 Å². The molecule has 1 atom stereocenters. The van der Waals surface area contributed by atoms with Crippen LogP contribution in [-0.2, 0) is 11.2 Å². The molecule has 0 spiro atoms. The molecule has 4 aromatic rings. The monoisotopic (exact) mass is 624 g/mol. The van der Waals surface area contributed by atoms with Crippen LogP contribution in [-0.4, -0.2) is 71.6 Å². The number of hydrogen-bond donors (Lipinski definition) is 1. The minimum Gasteiger partial charge on any atom is -0.492 e. The molecule has 0 radical (unpaired) electrons. The van der Waals surface area contributed by atoms with Gasteiger partial charge in [-0.05, 0) is 103 Å². The van der Waals surface area contributed by atoms with Gasteiger partial charge in [-0.3, -0.25) is 9.69 Å². The first-order chi connectivity index (χ1) is 19.7. The van der Waals surface area contributed by atoms with Crippen LogP contribution < -0.4 is 14.8 Å². The third-order valence-corrected chi connectivity index (χ3v) is 8.79. The molecule has 238 valence electrons. The molecule has 3 heterocycles. The highest BCUT2D eigenvalue weighted by Crippen LogP contribution is 2.40. The van der Waals surface area contributed by atoms with Crippen LogP contribution in [0.25, 0.3) is 20.5 Å². The van der Waals surface area contributed by atoms with Crippen LogP contribution >= 0.6 is 11.3 Å². The lowest BCUT2D eigenvalue weighted by Crippen LogP contribution is -2.30. The summed E-state index contributed by atoms with van der Waals surface area (Å²) in [6.45, 7) is 4.67. The molecular formula is C34H44N2O7S. The van der Waals surface area contributed by atoms with Gasteiger partial charge in [0.2, 0.25) is 5.91 Å². The highest BCUT2D eigenvalue weighted by Gasteiger charge is 2.21. The summed E-state index contributed by atoms with van der Waals surface area (Å²) in [6.07, 6.45) is 12.9. The van der Waals surface area contributed by atoms with Gasteiger partial charge >= 0.3 is 0 Å². The predicted molar refractivity (Wildman–Crippen MR) is 179 cm³/mol. The van der Waals surface area contributed by atoms with Crippen molar-refractivity contribution in [2.24, 2.45) is 0 Å². The van der Waals surface area contributed by atoms with Gasteiger partial charge < -0.3 is 36.7 Å². The van der Waals surface area contributed by atoms with Crippen LogP contribution in [0.2, 0.25) is 0 Å². The number of hydrogen-bond acceptors (Lipinski definition) is 5. The number of nitrogens with one attached hydrogen (secondary N) is 1. The standard InChI is InChI=1S/C32H34N2O3S.C2H2.4H2O/c35-31-16-11-25(33-31)22-37-27-14-9-24(10-15-27)32-29(28-5-1-2-6-30(28)38-32)21-23-7-12-26(13-8-23)36-20-19-34-17-3-4-18-34;1-2;;;;/h1-2,5-10,12-15,25H,3-4,11,16-22H2,(H,33,35);1-2H;4*1H2. The Kier molecular flexibility index (Phi) is 16.1. The second kappa shape index (κ2) is 18.7. The molecule has 1 amide bonds. The highest BCUT2D eigenvalue weighted by atomic mass is 32.1. The fraction of sp³-hybridized carbons (Fsp3) is 0.324. The maximum atomic E-state index is 11.4. The molecule has 44 heavy (non-hydrogen) atoms. The molecule has 1 unspecified atom stereocenters. The van der Waals surface area contributed by atoms with E-state index < -0.39 is 0 Å². The number of carbonyl (C=O) groups excluding carboxylic acids is 1. The van der Waals surface area contributed by atoms with Gasteiger partial charge in [-0.2, -0.15) is 0 Å². The van der Waals surface area contributed by atoms with Crippen molar-refractivity contribution >= 4 is 27.3 Å². The molecule has 2 aliphatic heterocycles. The van der Waals surface area contributed by atoms with Crippen molar-refractivity contribution < 1.29 is 36.2 Å². The summed E-state index contributed by atoms with van der Waals surface area (Å²) in [7, 11) is 0. The first-order valence-corrected chi connectivity index (χ1v) is 14.8. The van der Waals surface area contributed by atoms with Crippen LogP contribution in [0.5, 0.6) is 11.5 Å². The normalized spacial score (nSPS) is 15.3. The number of terminal acetylenes is 1. The maximum Gasteiger partial charge on any atom is 0.220 e. The number of ether oxygens (including phenoxy) is 2. The number of amides is 1. The van der Waals surface area contributed by atoms with E-state index in [1.165, 1.54) is 57.6 Å². The number of fused-ring (bicyclic) bond motifs is 1. The molecule has 0 aliphatic carbocycles. The van der Waals surface area contributed by atoms with E-state index in [1.54, 1.807) is 0 Å². The number of nitrogens with zero attached hydrogens (tertiary/aromatic N) is 1. The Morgan fingerprint density at radius 2 is 1.48 bits per heavy atom. The Bertz CT molecular complexity index is 1430. The predicted octanol–water partition coefficient (Wildman–Crippen LogP) is 3.24. The first-order valence-electron chi connectivity index (χ1n) is 14.0. The fourth-order valence-corrected chi connectivity index (χ4v) is 6.64. The van der Waals surface area contributed by atoms with Crippen molar-refractivity contribution in [3.63, 3.8) is 0 Å². The molecule has 0 saturated carbocycles. The Hall–Kier alpha value is -3.95. The SMILES string of the molecule is C#C.O.O.O.O.O=C1CCC(COc2ccc(-c3sc4ccccc4c3Cc3ccc(OCCN4CCCC4)cc3)cc2)N1. The lowest BCUT2D eigenvalue weighted by atomic mass is 9.99. The van der Waals surface area contributed by atoms with Crippen molar-refractivity contribution in [3.05, 3.63) is 83.9 Å². The zero-order chi connectivity index (χ0) is 27.7. The van der Waals surface area contributed by atoms with E-state index in [0.29, 0.717) is 13.0 Å². The summed E-state index contributed by atoms with van der Waals surface area (Å²) in [5.41, 5.74) is 3.83. The number of benzene rings is 3. The van der Waals surface area contributed by atoms with Crippen molar-refractivity contribution in [1.82, 2.24) is 10.2 Å². The second-order valence-corrected chi connectivity index (χ2v) is 11.3. The van der Waals surface area contributed by atoms with E-state index >= 15 is 0 Å². The summed E-state index contributed by atoms with van der Waals surface area (Å²) in [6, 6.07) is 25.7. The Morgan fingerprint density at radius 1 is 0.841 bits per heavy atom. The van der Waals surface area contributed by atoms with Crippen LogP contribution in [0.4, 0.5) is 0 Å². The zero-order valence-corrected chi connectivity index (χ0v) is 25.6. The minimum atomic E-state index is 0. The maximum absolute atomic E-state index is 11.4. The van der Waals surface area contributed by atoms with Gasteiger partial charge in [-0.15, -0.1) is 24.2 Å². The van der Waals surface area contributed by atoms with Gasteiger partial charge in [0.25, 0.3) is 0 Å². The molecule has 2 saturated heterocycles. The third kappa shape index (κ3) is 9.53. The second-order valence-electron chi connectivity index (χ2n) is 10.3. The Labute approximate surface area is 263 Å². The van der Waals surface area contributed by atoms with Crippen LogP contribution in [0.15, 0.2) is 72.8 Å². The molecule has 2 aliphatic rings. The lowest BCUT2D eigenvalue weighted by Gasteiger charge is -2.15. The summed E-state index contributed by atoms with van der Waals surface area (Å²) in [5, 5.41) is 4.28. The van der Waals surface area contributed by atoms with Crippen LogP contribution in [0, 0.1) is 12.8 Å². The molecule has 0 bridgehead atoms. The Morgan fingerprint density at radius 3 is 2.14 bits per heavy atom. The van der Waals surface area contributed by atoms with Crippen molar-refractivity contribution in [1.29, 1.82) is 0 Å². The molecule has 6 rings (SSSR count). The molecular weight excluding hydrogens is 580 g/mol. The molecule has 9 nitrogen and oxygen atoms in total. The quantitative estimate of drug-likeness (QED) is 0.267. The smallest absolute Gasteiger partial charge is 0.220 e. The Balaban J connectivity index is 0.00000158. The lowest BCUT2D eigenvalue weighted by molar-refractivity contribution is -0.119. The van der Waals surface area contributed by atoms with E-state index in [0.717, 1.165) is 37.5 Å². The van der Waals surface area contributed by atoms with Crippen molar-refractivity contribution in [2.75, 3.05) is 32.8 Å². The molecule has 2 fully saturated rings. The summed E-state index contributed by atoms with van der Waals surface area (Å²) >= 11 is 1.84. The minimum absolute atomic E-state index is 0. The van der Waals surface area contributed by atoms with Crippen molar-refractivity contribution in [3.8, 4) is 34.8 Å². The average Bonchev–Trinajstić information content (AvgIpc) is 3.75. The number of thiophene rings is 1. The van der Waals surface area contributed by atoms with Gasteiger partial charge in [0.15, 0.2) is 0 Å². The summed E-state index contributed by atoms with van der Waals surface area (Å²) in [5.74, 6) is 1.89. The van der Waals surface area contributed by atoms with Gasteiger partial charge in [-0.1, -0.05) is 30.3 Å². The van der Waals surface area contributed by atoms with E-state index in [-0.39, 0.29) is 33.9 Å². The zero-order valence-electron chi connectivity index (χ0n) is 24.8. The third-order valence-electron chi connectivity index (χ3n) is 7.53. The number of carbonyl (C=O) groups is 1. The van der Waals surface area contributed by atoms with Crippen molar-refractivity contribution in [2.45, 2.75) is 38.1 Å². The van der Waals surface area contributed by atoms with E-state index in [1.807, 2.05) is 23.5 Å². The largest absolute Gasteiger partial charge is 0.492 e. The van der Waals surface area contributed by atoms with Gasteiger partial charge in [0, 0.05) is 22.5 Å². The van der Waals surface area contributed by atoms with Crippen LogP contribution in [0.3, 0.4) is 0 Å². The van der Waals surface area contributed by atoms with Gasteiger partial charge in [-0.25, -0.2) is 0 Å². The highest BCUT2D eigenvalue weighted by molar-refractivity contribution is 7.22. The van der Waals surface area contributed by atoms with E-state index in [9.17, 15) is 4.79 Å². The average molecular weight is 625 g/mol. The molecule has 9 N–H and O–H groups in total. The number of likely N-dealkylation sites (tertiary alicyclic amines) is 1. The van der Waals surface area contributed by atoms with Crippen LogP contribution in [0.1, 0.15) is 36.8 Å². The van der Waals surface area contributed by atoms with Gasteiger partial charge in [0.1, 0.15) is 24.7 Å². The summed E-state index contributed by atoms with van der Waals surface area (Å²) < 4.78 is 13.3. The van der Waals surface area contributed by atoms with E-state index in [4.69, 9.17) is 9.47 Å². The number of rotatable bonds is 10. The summed E-state index contributed by atoms with van der Waals surface area (Å²) in [4.78, 5) is 15.2. The fourth-order valence-electron chi connectivity index (χ4n) is 5.42. The molecule has 10 heteroatoms. The molecule has 1 aromatic heterocycles. The van der Waals surface area contributed by atoms with Gasteiger partial charge in [0.05, 0.1) is 6.04 Å². The topological polar surface area (TPSA) is 177 Å².